The summed E-state index contributed by atoms with van der Waals surface area (Å²) in [6.45, 7) is 0. The largest absolute Gasteiger partial charge is 0.333 e. The first-order valence-corrected chi connectivity index (χ1v) is 9.12. The molecule has 1 aliphatic rings. The number of thioether (sulfide) groups is 1. The first kappa shape index (κ1) is 14.3. The van der Waals surface area contributed by atoms with Crippen LogP contribution in [0.4, 0.5) is 0 Å². The van der Waals surface area contributed by atoms with Crippen LogP contribution in [0, 0.1) is 5.41 Å². The molecule has 108 valence electrons. The van der Waals surface area contributed by atoms with Crippen LogP contribution >= 0.6 is 24.4 Å². The minimum Gasteiger partial charge on any atom is -0.333 e. The first-order chi connectivity index (χ1) is 9.81. The molecule has 1 saturated carbocycles. The summed E-state index contributed by atoms with van der Waals surface area (Å²) in [5, 5.41) is 1.05. The molecule has 2 aromatic rings. The van der Waals surface area contributed by atoms with E-state index in [9.17, 15) is 0 Å². The molecular weight excluding hydrogens is 284 g/mol. The molecule has 0 saturated heterocycles. The maximum Gasteiger partial charge on any atom is 0.166 e. The number of rotatable bonds is 4. The van der Waals surface area contributed by atoms with Crippen LogP contribution in [0.5, 0.6) is 0 Å². The van der Waals surface area contributed by atoms with Crippen LogP contribution in [0.1, 0.15) is 38.5 Å². The van der Waals surface area contributed by atoms with Crippen LogP contribution in [-0.2, 0) is 0 Å². The molecule has 0 atom stereocenters. The summed E-state index contributed by atoms with van der Waals surface area (Å²) >= 11 is 6.52. The van der Waals surface area contributed by atoms with Crippen molar-refractivity contribution in [2.45, 2.75) is 43.7 Å². The Hall–Kier alpha value is -0.610. The van der Waals surface area contributed by atoms with Crippen LogP contribution in [-0.4, -0.2) is 21.5 Å². The number of nitrogens with one attached hydrogen (secondary N) is 1. The fourth-order valence-corrected chi connectivity index (χ4v) is 4.80. The molecule has 0 bridgehead atoms. The molecule has 20 heavy (non-hydrogen) atoms. The predicted molar refractivity (Wildman–Crippen MR) is 90.8 cm³/mol. The SMILES string of the molecule is SCC1(CSc2nc3ccccc3[nH]2)CCCCCC1. The molecule has 0 amide bonds. The van der Waals surface area contributed by atoms with E-state index >= 15 is 0 Å². The predicted octanol–water partition coefficient (Wildman–Crippen LogP) is 4.93. The fraction of sp³-hybridized carbons (Fsp3) is 0.562. The number of nitrogens with zero attached hydrogens (tertiary/aromatic N) is 1. The lowest BCUT2D eigenvalue weighted by atomic mass is 9.84. The summed E-state index contributed by atoms with van der Waals surface area (Å²) < 4.78 is 0. The van der Waals surface area contributed by atoms with Crippen molar-refractivity contribution in [2.24, 2.45) is 5.41 Å². The zero-order chi connectivity index (χ0) is 13.8. The fourth-order valence-electron chi connectivity index (χ4n) is 3.05. The van der Waals surface area contributed by atoms with Crippen LogP contribution in [0.25, 0.3) is 11.0 Å². The summed E-state index contributed by atoms with van der Waals surface area (Å²) in [6.07, 6.45) is 8.16. The summed E-state index contributed by atoms with van der Waals surface area (Å²) in [5.74, 6) is 2.14. The molecule has 1 fully saturated rings. The van der Waals surface area contributed by atoms with Gasteiger partial charge in [0.25, 0.3) is 0 Å². The van der Waals surface area contributed by atoms with Crippen molar-refractivity contribution in [1.82, 2.24) is 9.97 Å². The number of aromatic nitrogens is 2. The van der Waals surface area contributed by atoms with Gasteiger partial charge in [0.05, 0.1) is 11.0 Å². The van der Waals surface area contributed by atoms with E-state index < -0.39 is 0 Å². The smallest absolute Gasteiger partial charge is 0.166 e. The van der Waals surface area contributed by atoms with Gasteiger partial charge < -0.3 is 4.98 Å². The highest BCUT2D eigenvalue weighted by atomic mass is 32.2. The molecule has 1 aromatic heterocycles. The lowest BCUT2D eigenvalue weighted by Gasteiger charge is -2.30. The lowest BCUT2D eigenvalue weighted by Crippen LogP contribution is -2.25. The highest BCUT2D eigenvalue weighted by Crippen LogP contribution is 2.40. The van der Waals surface area contributed by atoms with Gasteiger partial charge in [0.1, 0.15) is 0 Å². The van der Waals surface area contributed by atoms with Gasteiger partial charge in [-0.15, -0.1) is 0 Å². The Balaban J connectivity index is 1.70. The van der Waals surface area contributed by atoms with Crippen molar-refractivity contribution in [2.75, 3.05) is 11.5 Å². The normalized spacial score (nSPS) is 19.1. The summed E-state index contributed by atoms with van der Waals surface area (Å²) in [6, 6.07) is 8.25. The molecule has 1 aromatic carbocycles. The van der Waals surface area contributed by atoms with Gasteiger partial charge in [0.15, 0.2) is 5.16 Å². The molecule has 0 spiro atoms. The van der Waals surface area contributed by atoms with Crippen LogP contribution in [0.15, 0.2) is 29.4 Å². The first-order valence-electron chi connectivity index (χ1n) is 7.50. The Morgan fingerprint density at radius 3 is 2.60 bits per heavy atom. The molecule has 1 heterocycles. The number of thiol groups is 1. The van der Waals surface area contributed by atoms with Crippen molar-refractivity contribution in [3.05, 3.63) is 24.3 Å². The van der Waals surface area contributed by atoms with Gasteiger partial charge in [-0.25, -0.2) is 4.98 Å². The third kappa shape index (κ3) is 3.17. The molecule has 4 heteroatoms. The third-order valence-electron chi connectivity index (χ3n) is 4.38. The summed E-state index contributed by atoms with van der Waals surface area (Å²) in [4.78, 5) is 8.09. The van der Waals surface area contributed by atoms with Gasteiger partial charge in [-0.1, -0.05) is 49.6 Å². The van der Waals surface area contributed by atoms with Crippen molar-refractivity contribution >= 4 is 35.4 Å². The Bertz CT molecular complexity index is 523. The number of benzene rings is 1. The van der Waals surface area contributed by atoms with Crippen LogP contribution in [0.2, 0.25) is 0 Å². The van der Waals surface area contributed by atoms with Gasteiger partial charge in [0, 0.05) is 5.75 Å². The van der Waals surface area contributed by atoms with E-state index in [-0.39, 0.29) is 0 Å². The number of aromatic amines is 1. The molecule has 3 rings (SSSR count). The standard InChI is InChI=1S/C16H22N2S2/c19-11-16(9-5-1-2-6-10-16)12-20-15-17-13-7-3-4-8-14(13)18-15/h3-4,7-8,19H,1-2,5-6,9-12H2,(H,17,18). The quantitative estimate of drug-likeness (QED) is 0.476. The number of hydrogen-bond donors (Lipinski definition) is 2. The summed E-state index contributed by atoms with van der Waals surface area (Å²) in [7, 11) is 0. The third-order valence-corrected chi connectivity index (χ3v) is 6.28. The summed E-state index contributed by atoms with van der Waals surface area (Å²) in [5.41, 5.74) is 2.61. The lowest BCUT2D eigenvalue weighted by molar-refractivity contribution is 0.332. The zero-order valence-corrected chi connectivity index (χ0v) is 13.5. The number of para-hydroxylation sites is 2. The average Bonchev–Trinajstić information content (AvgIpc) is 2.75. The highest BCUT2D eigenvalue weighted by molar-refractivity contribution is 7.99. The second kappa shape index (κ2) is 6.44. The van der Waals surface area contributed by atoms with Gasteiger partial charge in [-0.3, -0.25) is 0 Å². The minimum atomic E-state index is 0.406. The van der Waals surface area contributed by atoms with E-state index in [1.54, 1.807) is 0 Å². The zero-order valence-electron chi connectivity index (χ0n) is 11.8. The van der Waals surface area contributed by atoms with E-state index in [0.717, 1.165) is 27.7 Å². The van der Waals surface area contributed by atoms with Crippen LogP contribution < -0.4 is 0 Å². The molecule has 0 radical (unpaired) electrons. The molecule has 1 N–H and O–H groups in total. The number of H-pyrrole nitrogens is 1. The molecule has 0 aliphatic heterocycles. The van der Waals surface area contributed by atoms with E-state index in [2.05, 4.69) is 40.8 Å². The Kier molecular flexibility index (Phi) is 4.61. The molecular formula is C16H22N2S2. The monoisotopic (exact) mass is 306 g/mol. The van der Waals surface area contributed by atoms with E-state index in [0.29, 0.717) is 5.41 Å². The second-order valence-corrected chi connectivity index (χ2v) is 7.20. The highest BCUT2D eigenvalue weighted by Gasteiger charge is 2.30. The average molecular weight is 307 g/mol. The maximum atomic E-state index is 4.67. The van der Waals surface area contributed by atoms with E-state index in [1.165, 1.54) is 38.5 Å². The Labute approximate surface area is 130 Å². The Morgan fingerprint density at radius 2 is 1.90 bits per heavy atom. The van der Waals surface area contributed by atoms with Crippen molar-refractivity contribution in [3.8, 4) is 0 Å². The number of imidazole rings is 1. The second-order valence-electron chi connectivity index (χ2n) is 5.92. The van der Waals surface area contributed by atoms with Crippen molar-refractivity contribution in [3.63, 3.8) is 0 Å². The molecule has 2 nitrogen and oxygen atoms in total. The van der Waals surface area contributed by atoms with Crippen LogP contribution in [0.3, 0.4) is 0 Å². The van der Waals surface area contributed by atoms with Gasteiger partial charge >= 0.3 is 0 Å². The number of hydrogen-bond acceptors (Lipinski definition) is 3. The van der Waals surface area contributed by atoms with Gasteiger partial charge in [-0.05, 0) is 36.1 Å². The minimum absolute atomic E-state index is 0.406. The number of fused-ring (bicyclic) bond motifs is 1. The van der Waals surface area contributed by atoms with Gasteiger partial charge in [-0.2, -0.15) is 12.6 Å². The van der Waals surface area contributed by atoms with E-state index in [4.69, 9.17) is 0 Å². The molecule has 0 unspecified atom stereocenters. The van der Waals surface area contributed by atoms with Gasteiger partial charge in [0.2, 0.25) is 0 Å². The topological polar surface area (TPSA) is 28.7 Å². The van der Waals surface area contributed by atoms with Crippen molar-refractivity contribution in [1.29, 1.82) is 0 Å². The Morgan fingerprint density at radius 1 is 1.15 bits per heavy atom. The maximum absolute atomic E-state index is 4.67. The molecule has 1 aliphatic carbocycles. The van der Waals surface area contributed by atoms with Crippen molar-refractivity contribution < 1.29 is 0 Å². The van der Waals surface area contributed by atoms with E-state index in [1.807, 2.05) is 17.8 Å².